The van der Waals surface area contributed by atoms with Crippen LogP contribution in [0.5, 0.6) is 5.75 Å². The molecule has 1 heterocycles. The molecule has 0 unspecified atom stereocenters. The molecule has 0 aliphatic carbocycles. The molecule has 4 nitrogen and oxygen atoms in total. The first-order chi connectivity index (χ1) is 9.04. The van der Waals surface area contributed by atoms with Crippen molar-refractivity contribution in [1.82, 2.24) is 4.57 Å². The second-order valence-corrected chi connectivity index (χ2v) is 4.49. The monoisotopic (exact) mass is 258 g/mol. The number of benzene rings is 1. The maximum absolute atomic E-state index is 12.5. The lowest BCUT2D eigenvalue weighted by Crippen LogP contribution is -2.32. The van der Waals surface area contributed by atoms with Gasteiger partial charge in [-0.1, -0.05) is 6.07 Å². The van der Waals surface area contributed by atoms with E-state index >= 15 is 0 Å². The summed E-state index contributed by atoms with van der Waals surface area (Å²) in [5.74, 6) is 0.0931. The van der Waals surface area contributed by atoms with Gasteiger partial charge < -0.3 is 14.6 Å². The lowest BCUT2D eigenvalue weighted by atomic mass is 10.2. The van der Waals surface area contributed by atoms with Crippen LogP contribution < -0.4 is 4.90 Å². The van der Waals surface area contributed by atoms with E-state index in [-0.39, 0.29) is 11.7 Å². The predicted molar refractivity (Wildman–Crippen MR) is 75.6 cm³/mol. The maximum Gasteiger partial charge on any atom is 0.274 e. The number of rotatable bonds is 3. The third-order valence-corrected chi connectivity index (χ3v) is 3.29. The van der Waals surface area contributed by atoms with Gasteiger partial charge in [-0.2, -0.15) is 0 Å². The van der Waals surface area contributed by atoms with Crippen molar-refractivity contribution in [2.24, 2.45) is 7.05 Å². The molecule has 1 aromatic heterocycles. The highest BCUT2D eigenvalue weighted by atomic mass is 16.3. The fraction of sp³-hybridized carbons (Fsp3) is 0.267. The smallest absolute Gasteiger partial charge is 0.274 e. The van der Waals surface area contributed by atoms with Crippen molar-refractivity contribution in [2.45, 2.75) is 13.8 Å². The fourth-order valence-electron chi connectivity index (χ4n) is 2.07. The molecule has 19 heavy (non-hydrogen) atoms. The van der Waals surface area contributed by atoms with E-state index < -0.39 is 0 Å². The number of hydrogen-bond donors (Lipinski definition) is 1. The van der Waals surface area contributed by atoms with Gasteiger partial charge in [-0.3, -0.25) is 4.79 Å². The van der Waals surface area contributed by atoms with E-state index in [1.165, 1.54) is 0 Å². The molecule has 0 saturated carbocycles. The summed E-state index contributed by atoms with van der Waals surface area (Å²) >= 11 is 0. The van der Waals surface area contributed by atoms with E-state index in [2.05, 4.69) is 0 Å². The summed E-state index contributed by atoms with van der Waals surface area (Å²) < 4.78 is 1.87. The molecular formula is C15H18N2O2. The number of aromatic hydroxyl groups is 1. The van der Waals surface area contributed by atoms with Crippen LogP contribution in [0.15, 0.2) is 36.4 Å². The molecule has 0 aliphatic rings. The van der Waals surface area contributed by atoms with E-state index in [1.54, 1.807) is 23.1 Å². The lowest BCUT2D eigenvalue weighted by Gasteiger charge is -2.21. The molecule has 1 aromatic carbocycles. The highest BCUT2D eigenvalue weighted by Crippen LogP contribution is 2.22. The zero-order valence-corrected chi connectivity index (χ0v) is 11.4. The van der Waals surface area contributed by atoms with Crippen molar-refractivity contribution in [1.29, 1.82) is 0 Å². The number of carbonyl (C=O) groups excluding carboxylic acids is 1. The molecule has 2 rings (SSSR count). The molecule has 0 aliphatic heterocycles. The van der Waals surface area contributed by atoms with Crippen LogP contribution in [0.4, 0.5) is 5.69 Å². The Morgan fingerprint density at radius 3 is 2.58 bits per heavy atom. The number of carbonyl (C=O) groups is 1. The van der Waals surface area contributed by atoms with Crippen molar-refractivity contribution >= 4 is 11.6 Å². The molecule has 0 fully saturated rings. The summed E-state index contributed by atoms with van der Waals surface area (Å²) in [5, 5.41) is 9.53. The molecule has 100 valence electrons. The zero-order valence-electron chi connectivity index (χ0n) is 11.4. The van der Waals surface area contributed by atoms with Gasteiger partial charge >= 0.3 is 0 Å². The number of phenols is 1. The Bertz CT molecular complexity index is 602. The molecule has 1 N–H and O–H groups in total. The Morgan fingerprint density at radius 1 is 1.32 bits per heavy atom. The molecule has 0 saturated heterocycles. The van der Waals surface area contributed by atoms with E-state index in [0.29, 0.717) is 17.9 Å². The average Bonchev–Trinajstić information content (AvgIpc) is 2.71. The van der Waals surface area contributed by atoms with Crippen molar-refractivity contribution in [3.05, 3.63) is 47.8 Å². The second-order valence-electron chi connectivity index (χ2n) is 4.49. The summed E-state index contributed by atoms with van der Waals surface area (Å²) in [4.78, 5) is 14.2. The van der Waals surface area contributed by atoms with Gasteiger partial charge in [0.05, 0.1) is 0 Å². The van der Waals surface area contributed by atoms with E-state index in [0.717, 1.165) is 5.69 Å². The lowest BCUT2D eigenvalue weighted by molar-refractivity contribution is 0.0980. The van der Waals surface area contributed by atoms with Gasteiger partial charge in [0.15, 0.2) is 0 Å². The summed E-state index contributed by atoms with van der Waals surface area (Å²) in [6, 6.07) is 10.5. The van der Waals surface area contributed by atoms with Gasteiger partial charge in [0.25, 0.3) is 5.91 Å². The molecule has 4 heteroatoms. The Kier molecular flexibility index (Phi) is 3.60. The van der Waals surface area contributed by atoms with Gasteiger partial charge in [-0.15, -0.1) is 0 Å². The van der Waals surface area contributed by atoms with Crippen LogP contribution in [0.1, 0.15) is 23.1 Å². The Balaban J connectivity index is 2.37. The average molecular weight is 258 g/mol. The minimum absolute atomic E-state index is 0.0660. The van der Waals surface area contributed by atoms with Crippen molar-refractivity contribution in [3.8, 4) is 5.75 Å². The SMILES string of the molecule is CCN(C(=O)c1ccc(C)n1C)c1cccc(O)c1. The van der Waals surface area contributed by atoms with Crippen LogP contribution >= 0.6 is 0 Å². The quantitative estimate of drug-likeness (QED) is 0.920. The summed E-state index contributed by atoms with van der Waals surface area (Å²) in [6.45, 7) is 4.42. The zero-order chi connectivity index (χ0) is 14.0. The molecule has 0 spiro atoms. The Morgan fingerprint density at radius 2 is 2.05 bits per heavy atom. The number of anilines is 1. The highest BCUT2D eigenvalue weighted by Gasteiger charge is 2.19. The number of phenolic OH excluding ortho intramolecular Hbond substituents is 1. The standard InChI is InChI=1S/C15H18N2O2/c1-4-17(12-6-5-7-13(18)10-12)15(19)14-9-8-11(2)16(14)3/h5-10,18H,4H2,1-3H3. The summed E-state index contributed by atoms with van der Waals surface area (Å²) in [6.07, 6.45) is 0. The van der Waals surface area contributed by atoms with Gasteiger partial charge in [0, 0.05) is 31.0 Å². The van der Waals surface area contributed by atoms with E-state index in [4.69, 9.17) is 0 Å². The van der Waals surface area contributed by atoms with E-state index in [9.17, 15) is 9.90 Å². The van der Waals surface area contributed by atoms with Crippen LogP contribution in [0.25, 0.3) is 0 Å². The van der Waals surface area contributed by atoms with Gasteiger partial charge in [-0.25, -0.2) is 0 Å². The van der Waals surface area contributed by atoms with Crippen LogP contribution in [-0.2, 0) is 7.05 Å². The first kappa shape index (κ1) is 13.2. The number of amides is 1. The molecular weight excluding hydrogens is 240 g/mol. The number of hydrogen-bond acceptors (Lipinski definition) is 2. The number of aromatic nitrogens is 1. The largest absolute Gasteiger partial charge is 0.508 e. The van der Waals surface area contributed by atoms with Gasteiger partial charge in [-0.05, 0) is 38.1 Å². The van der Waals surface area contributed by atoms with Crippen molar-refractivity contribution < 1.29 is 9.90 Å². The van der Waals surface area contributed by atoms with Crippen molar-refractivity contribution in [2.75, 3.05) is 11.4 Å². The van der Waals surface area contributed by atoms with E-state index in [1.807, 2.05) is 43.7 Å². The normalized spacial score (nSPS) is 10.5. The van der Waals surface area contributed by atoms with Crippen LogP contribution in [0, 0.1) is 6.92 Å². The van der Waals surface area contributed by atoms with Gasteiger partial charge in [0.2, 0.25) is 0 Å². The fourth-order valence-corrected chi connectivity index (χ4v) is 2.07. The third kappa shape index (κ3) is 2.47. The molecule has 0 atom stereocenters. The molecule has 0 radical (unpaired) electrons. The molecule has 0 bridgehead atoms. The first-order valence-corrected chi connectivity index (χ1v) is 6.27. The minimum atomic E-state index is -0.0660. The Labute approximate surface area is 112 Å². The maximum atomic E-state index is 12.5. The third-order valence-electron chi connectivity index (χ3n) is 3.29. The molecule has 1 amide bonds. The second kappa shape index (κ2) is 5.18. The molecule has 2 aromatic rings. The first-order valence-electron chi connectivity index (χ1n) is 6.27. The van der Waals surface area contributed by atoms with Gasteiger partial charge in [0.1, 0.15) is 11.4 Å². The van der Waals surface area contributed by atoms with Crippen molar-refractivity contribution in [3.63, 3.8) is 0 Å². The summed E-state index contributed by atoms with van der Waals surface area (Å²) in [5.41, 5.74) is 2.38. The van der Waals surface area contributed by atoms with Crippen LogP contribution in [0.2, 0.25) is 0 Å². The highest BCUT2D eigenvalue weighted by molar-refractivity contribution is 6.05. The number of aryl methyl sites for hydroxylation is 1. The summed E-state index contributed by atoms with van der Waals surface area (Å²) in [7, 11) is 1.87. The minimum Gasteiger partial charge on any atom is -0.508 e. The van der Waals surface area contributed by atoms with Crippen LogP contribution in [-0.4, -0.2) is 22.1 Å². The Hall–Kier alpha value is -2.23. The predicted octanol–water partition coefficient (Wildman–Crippen LogP) is 2.71. The number of nitrogens with zero attached hydrogens (tertiary/aromatic N) is 2. The van der Waals surface area contributed by atoms with Crippen LogP contribution in [0.3, 0.4) is 0 Å². The topological polar surface area (TPSA) is 45.5 Å².